The molecule has 0 saturated heterocycles. The molecule has 0 heterocycles. The molecule has 0 aliphatic heterocycles. The largest absolute Gasteiger partial charge is 0.508 e. The Bertz CT molecular complexity index is 1290. The smallest absolute Gasteiger partial charge is 0.255 e. The first-order chi connectivity index (χ1) is 17.0. The molecule has 1 aromatic carbocycles. The van der Waals surface area contributed by atoms with Crippen molar-refractivity contribution >= 4 is 23.2 Å². The summed E-state index contributed by atoms with van der Waals surface area (Å²) in [4.78, 5) is 40.3. The van der Waals surface area contributed by atoms with Gasteiger partial charge in [-0.1, -0.05) is 6.07 Å². The number of aromatic hydroxyl groups is 1. The van der Waals surface area contributed by atoms with Gasteiger partial charge in [-0.3, -0.25) is 19.3 Å². The number of nitrogens with two attached hydrogens (primary N) is 1. The zero-order valence-corrected chi connectivity index (χ0v) is 21.3. The number of carbonyl (C=O) groups excluding carboxylic acids is 3. The van der Waals surface area contributed by atoms with Crippen LogP contribution in [-0.2, 0) is 27.3 Å². The maximum atomic E-state index is 15.1. The van der Waals surface area contributed by atoms with Gasteiger partial charge in [0.05, 0.1) is 11.6 Å². The third-order valence-electron chi connectivity index (χ3n) is 7.53. The van der Waals surface area contributed by atoms with E-state index in [9.17, 15) is 34.8 Å². The molecule has 3 aliphatic rings. The number of fused-ring (bicyclic) bond motifs is 3. The van der Waals surface area contributed by atoms with Crippen LogP contribution in [0.5, 0.6) is 5.75 Å². The van der Waals surface area contributed by atoms with Gasteiger partial charge in [0.1, 0.15) is 17.1 Å². The number of hydrogen-bond acceptors (Lipinski definition) is 9. The van der Waals surface area contributed by atoms with E-state index in [4.69, 9.17) is 5.73 Å². The number of nitrogens with one attached hydrogen (secondary N) is 1. The van der Waals surface area contributed by atoms with Crippen molar-refractivity contribution in [3.63, 3.8) is 0 Å². The molecule has 11 heteroatoms. The first-order valence-corrected chi connectivity index (χ1v) is 11.9. The van der Waals surface area contributed by atoms with Gasteiger partial charge in [0.25, 0.3) is 5.91 Å². The molecular weight excluding hydrogens is 485 g/mol. The number of primary amides is 1. The average Bonchev–Trinajstić information content (AvgIpc) is 2.76. The fourth-order valence-electron chi connectivity index (χ4n) is 5.83. The predicted molar refractivity (Wildman–Crippen MR) is 131 cm³/mol. The Hall–Kier alpha value is -3.28. The number of hydrogen-bond donors (Lipinski definition) is 6. The van der Waals surface area contributed by atoms with Gasteiger partial charge in [-0.15, -0.1) is 0 Å². The summed E-state index contributed by atoms with van der Waals surface area (Å²) in [6.07, 6.45) is 0.0738. The number of aliphatic hydroxyl groups excluding tert-OH is 2. The standard InChI is InChI=1S/C26H32FN3O7/c1-25(2,3)29-9-12-7-10-6-11-8-13-18(30(4)5)21(33)16(24(28)36)23(35)26(13,37)22(34)15(11)19(31)14(10)20(32)17(12)27/h7,11,13,18,29,31-32,35,37H,6,8-9H2,1-5H3,(H2,28,36)/t11-,13-,18-,26-/m0/s1. The molecule has 1 amide bonds. The summed E-state index contributed by atoms with van der Waals surface area (Å²) in [6, 6.07) is 0.352. The van der Waals surface area contributed by atoms with E-state index in [1.54, 1.807) is 0 Å². The number of likely N-dealkylation sites (N-methyl/N-ethyl adjacent to an activating group) is 1. The van der Waals surface area contributed by atoms with Gasteiger partial charge < -0.3 is 31.5 Å². The monoisotopic (exact) mass is 517 g/mol. The number of phenols is 1. The van der Waals surface area contributed by atoms with Crippen molar-refractivity contribution in [2.75, 3.05) is 14.1 Å². The van der Waals surface area contributed by atoms with Crippen LogP contribution in [0.15, 0.2) is 23.0 Å². The SMILES string of the molecule is CN(C)[C@@H]1C(=O)C(C(N)=O)=C(O)[C@@]2(O)C(=O)C3=C(O)c4c(cc(CNC(C)(C)C)c(F)c4O)C[C@H]3C[C@@H]12. The molecule has 0 unspecified atom stereocenters. The van der Waals surface area contributed by atoms with Crippen LogP contribution in [0.25, 0.3) is 5.76 Å². The fourth-order valence-corrected chi connectivity index (χ4v) is 5.83. The van der Waals surface area contributed by atoms with Gasteiger partial charge in [-0.2, -0.15) is 0 Å². The van der Waals surface area contributed by atoms with Crippen LogP contribution in [0.4, 0.5) is 4.39 Å². The number of halogens is 1. The topological polar surface area (TPSA) is 173 Å². The molecule has 0 spiro atoms. The average molecular weight is 518 g/mol. The highest BCUT2D eigenvalue weighted by molar-refractivity contribution is 6.24. The Labute approximate surface area is 213 Å². The van der Waals surface area contributed by atoms with E-state index in [2.05, 4.69) is 5.32 Å². The number of amides is 1. The lowest BCUT2D eigenvalue weighted by Crippen LogP contribution is -2.65. The van der Waals surface area contributed by atoms with Crippen LogP contribution in [-0.4, -0.2) is 74.1 Å². The molecular formula is C26H32FN3O7. The first kappa shape index (κ1) is 26.8. The maximum absolute atomic E-state index is 15.1. The predicted octanol–water partition coefficient (Wildman–Crippen LogP) is 0.991. The van der Waals surface area contributed by atoms with E-state index in [0.29, 0.717) is 5.56 Å². The minimum atomic E-state index is -2.73. The number of carbonyl (C=O) groups is 3. The summed E-state index contributed by atoms with van der Waals surface area (Å²) in [5, 5.41) is 47.3. The van der Waals surface area contributed by atoms with Crippen molar-refractivity contribution in [2.24, 2.45) is 17.6 Å². The molecule has 4 atom stereocenters. The normalized spacial score (nSPS) is 27.8. The van der Waals surface area contributed by atoms with Crippen molar-refractivity contribution in [2.45, 2.75) is 57.3 Å². The van der Waals surface area contributed by atoms with Crippen LogP contribution < -0.4 is 11.1 Å². The van der Waals surface area contributed by atoms with Crippen molar-refractivity contribution in [3.05, 3.63) is 45.5 Å². The Morgan fingerprint density at radius 3 is 2.41 bits per heavy atom. The molecule has 1 saturated carbocycles. The van der Waals surface area contributed by atoms with Crippen LogP contribution in [0, 0.1) is 17.7 Å². The molecule has 37 heavy (non-hydrogen) atoms. The summed E-state index contributed by atoms with van der Waals surface area (Å²) in [5.74, 6) is -8.82. The van der Waals surface area contributed by atoms with Crippen molar-refractivity contribution in [3.8, 4) is 5.75 Å². The minimum absolute atomic E-state index is 0.0283. The molecule has 10 nitrogen and oxygen atoms in total. The Balaban J connectivity index is 1.89. The van der Waals surface area contributed by atoms with E-state index >= 15 is 4.39 Å². The zero-order valence-electron chi connectivity index (χ0n) is 21.3. The Morgan fingerprint density at radius 2 is 1.86 bits per heavy atom. The maximum Gasteiger partial charge on any atom is 0.255 e. The molecule has 4 rings (SSSR count). The summed E-state index contributed by atoms with van der Waals surface area (Å²) in [6.45, 7) is 5.81. The highest BCUT2D eigenvalue weighted by Gasteiger charge is 2.64. The van der Waals surface area contributed by atoms with Gasteiger partial charge in [0.2, 0.25) is 5.78 Å². The number of benzene rings is 1. The lowest BCUT2D eigenvalue weighted by molar-refractivity contribution is -0.153. The van der Waals surface area contributed by atoms with E-state index in [0.717, 1.165) is 0 Å². The highest BCUT2D eigenvalue weighted by Crippen LogP contribution is 2.53. The number of ketones is 2. The van der Waals surface area contributed by atoms with Crippen LogP contribution in [0.1, 0.15) is 43.9 Å². The number of nitrogens with zero attached hydrogens (tertiary/aromatic N) is 1. The first-order valence-electron chi connectivity index (χ1n) is 11.9. The second-order valence-corrected chi connectivity index (χ2v) is 11.3. The van der Waals surface area contributed by atoms with Gasteiger partial charge in [-0.25, -0.2) is 4.39 Å². The number of rotatable bonds is 4. The number of aliphatic hydroxyl groups is 3. The Morgan fingerprint density at radius 1 is 1.24 bits per heavy atom. The van der Waals surface area contributed by atoms with Crippen molar-refractivity contribution in [1.29, 1.82) is 0 Å². The third-order valence-corrected chi connectivity index (χ3v) is 7.53. The fraction of sp³-hybridized carbons (Fsp3) is 0.500. The quantitative estimate of drug-likeness (QED) is 0.318. The van der Waals surface area contributed by atoms with Crippen LogP contribution in [0.2, 0.25) is 0 Å². The molecule has 1 aromatic rings. The molecule has 0 bridgehead atoms. The van der Waals surface area contributed by atoms with E-state index < -0.39 is 69.6 Å². The minimum Gasteiger partial charge on any atom is -0.508 e. The van der Waals surface area contributed by atoms with Gasteiger partial charge >= 0.3 is 0 Å². The van der Waals surface area contributed by atoms with Gasteiger partial charge in [0.15, 0.2) is 23.0 Å². The molecule has 0 radical (unpaired) electrons. The van der Waals surface area contributed by atoms with Crippen LogP contribution >= 0.6 is 0 Å². The summed E-state index contributed by atoms with van der Waals surface area (Å²) >= 11 is 0. The van der Waals surface area contributed by atoms with Crippen molar-refractivity contribution < 1.29 is 39.2 Å². The van der Waals surface area contributed by atoms with E-state index in [1.807, 2.05) is 20.8 Å². The second kappa shape index (κ2) is 8.64. The summed E-state index contributed by atoms with van der Waals surface area (Å²) < 4.78 is 15.1. The van der Waals surface area contributed by atoms with E-state index in [1.165, 1.54) is 25.1 Å². The van der Waals surface area contributed by atoms with E-state index in [-0.39, 0.29) is 41.6 Å². The molecule has 200 valence electrons. The Kier molecular flexibility index (Phi) is 6.25. The molecule has 1 fully saturated rings. The van der Waals surface area contributed by atoms with Crippen molar-refractivity contribution in [1.82, 2.24) is 10.2 Å². The second-order valence-electron chi connectivity index (χ2n) is 11.3. The third kappa shape index (κ3) is 3.92. The zero-order chi connectivity index (χ0) is 27.8. The highest BCUT2D eigenvalue weighted by atomic mass is 19.1. The number of Topliss-reactive ketones (excluding diaryl/α,β-unsaturated/α-hetero) is 2. The van der Waals surface area contributed by atoms with Crippen LogP contribution in [0.3, 0.4) is 0 Å². The molecule has 0 aromatic heterocycles. The van der Waals surface area contributed by atoms with Gasteiger partial charge in [-0.05, 0) is 59.2 Å². The summed E-state index contributed by atoms with van der Waals surface area (Å²) in [7, 11) is 3.06. The van der Waals surface area contributed by atoms with Gasteiger partial charge in [0, 0.05) is 29.1 Å². The molecule has 3 aliphatic carbocycles. The lowest BCUT2D eigenvalue weighted by Gasteiger charge is -2.50. The lowest BCUT2D eigenvalue weighted by atomic mass is 9.57. The summed E-state index contributed by atoms with van der Waals surface area (Å²) in [5.41, 5.74) is 1.34. The number of phenolic OH excluding ortho intramolecular Hbond substituents is 1. The molecule has 7 N–H and O–H groups in total.